The van der Waals surface area contributed by atoms with Crippen LogP contribution in [0.15, 0.2) is 54.6 Å². The molecule has 0 amide bonds. The van der Waals surface area contributed by atoms with Gasteiger partial charge in [0, 0.05) is 23.9 Å². The van der Waals surface area contributed by atoms with Gasteiger partial charge in [-0.1, -0.05) is 41.9 Å². The predicted molar refractivity (Wildman–Crippen MR) is 114 cm³/mol. The number of nitrogens with zero attached hydrogens (tertiary/aromatic N) is 3. The molecule has 0 unspecified atom stereocenters. The Morgan fingerprint density at radius 3 is 2.54 bits per heavy atom. The molecule has 0 radical (unpaired) electrons. The molecule has 0 aliphatic carbocycles. The first-order chi connectivity index (χ1) is 13.5. The van der Waals surface area contributed by atoms with Crippen LogP contribution in [0.3, 0.4) is 0 Å². The standard InChI is InChI=1S/C21H23ClFN5/c1-28(2)12-6-11-24-20-14-19(15-7-4-3-5-8-15)26-21(27-20)25-16-9-10-18(23)17(22)13-16/h3-5,7-10,13-14H,6,11-12H2,1-2H3,(H2,24,25,26,27). The Morgan fingerprint density at radius 1 is 1.04 bits per heavy atom. The molecular weight excluding hydrogens is 377 g/mol. The molecule has 1 heterocycles. The summed E-state index contributed by atoms with van der Waals surface area (Å²) in [5.74, 6) is 0.678. The number of benzene rings is 2. The minimum absolute atomic E-state index is 0.0475. The third kappa shape index (κ3) is 5.65. The van der Waals surface area contributed by atoms with Crippen LogP contribution in [0.1, 0.15) is 6.42 Å². The molecule has 3 aromatic rings. The molecule has 0 aliphatic rings. The predicted octanol–water partition coefficient (Wildman–Crippen LogP) is 5.04. The minimum atomic E-state index is -0.464. The van der Waals surface area contributed by atoms with Crippen molar-refractivity contribution in [3.05, 3.63) is 65.4 Å². The van der Waals surface area contributed by atoms with Crippen LogP contribution in [0, 0.1) is 5.82 Å². The molecular formula is C21H23ClFN5. The van der Waals surface area contributed by atoms with Crippen molar-refractivity contribution in [2.45, 2.75) is 6.42 Å². The lowest BCUT2D eigenvalue weighted by molar-refractivity contribution is 0.405. The molecule has 0 aliphatic heterocycles. The summed E-state index contributed by atoms with van der Waals surface area (Å²) in [6.07, 6.45) is 0.994. The Hall–Kier alpha value is -2.70. The summed E-state index contributed by atoms with van der Waals surface area (Å²) in [6, 6.07) is 16.2. The van der Waals surface area contributed by atoms with Crippen LogP contribution in [-0.4, -0.2) is 42.1 Å². The highest BCUT2D eigenvalue weighted by atomic mass is 35.5. The van der Waals surface area contributed by atoms with E-state index in [9.17, 15) is 4.39 Å². The maximum atomic E-state index is 13.4. The molecule has 146 valence electrons. The summed E-state index contributed by atoms with van der Waals surface area (Å²) < 4.78 is 13.4. The normalized spacial score (nSPS) is 10.9. The van der Waals surface area contributed by atoms with E-state index in [-0.39, 0.29) is 5.02 Å². The van der Waals surface area contributed by atoms with E-state index >= 15 is 0 Å². The van der Waals surface area contributed by atoms with Crippen molar-refractivity contribution in [3.8, 4) is 11.3 Å². The third-order valence-corrected chi connectivity index (χ3v) is 4.35. The summed E-state index contributed by atoms with van der Waals surface area (Å²) in [5, 5.41) is 6.51. The molecule has 0 atom stereocenters. The highest BCUT2D eigenvalue weighted by molar-refractivity contribution is 6.31. The van der Waals surface area contributed by atoms with E-state index in [1.165, 1.54) is 12.1 Å². The molecule has 0 fully saturated rings. The summed E-state index contributed by atoms with van der Waals surface area (Å²) in [5.41, 5.74) is 2.40. The second kappa shape index (κ2) is 9.48. The molecule has 0 saturated heterocycles. The van der Waals surface area contributed by atoms with Crippen molar-refractivity contribution in [2.24, 2.45) is 0 Å². The Balaban J connectivity index is 1.85. The molecule has 1 aromatic heterocycles. The average molecular weight is 400 g/mol. The van der Waals surface area contributed by atoms with Gasteiger partial charge in [-0.15, -0.1) is 0 Å². The highest BCUT2D eigenvalue weighted by Gasteiger charge is 2.08. The molecule has 2 N–H and O–H groups in total. The molecule has 0 spiro atoms. The lowest BCUT2D eigenvalue weighted by Crippen LogP contribution is -2.16. The van der Waals surface area contributed by atoms with Crippen LogP contribution in [-0.2, 0) is 0 Å². The van der Waals surface area contributed by atoms with Gasteiger partial charge in [-0.25, -0.2) is 9.37 Å². The van der Waals surface area contributed by atoms with E-state index in [1.54, 1.807) is 6.07 Å². The van der Waals surface area contributed by atoms with Gasteiger partial charge in [-0.2, -0.15) is 4.98 Å². The van der Waals surface area contributed by atoms with Gasteiger partial charge in [-0.3, -0.25) is 0 Å². The van der Waals surface area contributed by atoms with E-state index in [0.29, 0.717) is 11.6 Å². The molecule has 7 heteroatoms. The zero-order valence-electron chi connectivity index (χ0n) is 15.9. The first kappa shape index (κ1) is 20.0. The number of aromatic nitrogens is 2. The van der Waals surface area contributed by atoms with Gasteiger partial charge in [0.1, 0.15) is 11.6 Å². The van der Waals surface area contributed by atoms with Crippen molar-refractivity contribution < 1.29 is 4.39 Å². The van der Waals surface area contributed by atoms with E-state index < -0.39 is 5.82 Å². The second-order valence-corrected chi connectivity index (χ2v) is 7.07. The molecule has 0 bridgehead atoms. The molecule has 3 rings (SSSR count). The smallest absolute Gasteiger partial charge is 0.229 e. The summed E-state index contributed by atoms with van der Waals surface area (Å²) in [7, 11) is 4.10. The third-order valence-electron chi connectivity index (χ3n) is 4.06. The van der Waals surface area contributed by atoms with Gasteiger partial charge in [0.05, 0.1) is 10.7 Å². The van der Waals surface area contributed by atoms with Gasteiger partial charge >= 0.3 is 0 Å². The largest absolute Gasteiger partial charge is 0.370 e. The summed E-state index contributed by atoms with van der Waals surface area (Å²) in [6.45, 7) is 1.79. The first-order valence-corrected chi connectivity index (χ1v) is 9.44. The quantitative estimate of drug-likeness (QED) is 0.519. The monoisotopic (exact) mass is 399 g/mol. The van der Waals surface area contributed by atoms with Crippen LogP contribution in [0.25, 0.3) is 11.3 Å². The topological polar surface area (TPSA) is 53.1 Å². The van der Waals surface area contributed by atoms with Crippen LogP contribution in [0.2, 0.25) is 5.02 Å². The van der Waals surface area contributed by atoms with Gasteiger partial charge < -0.3 is 15.5 Å². The average Bonchev–Trinajstić information content (AvgIpc) is 2.68. The van der Waals surface area contributed by atoms with Gasteiger partial charge in [-0.05, 0) is 45.3 Å². The second-order valence-electron chi connectivity index (χ2n) is 6.67. The fourth-order valence-corrected chi connectivity index (χ4v) is 2.85. The highest BCUT2D eigenvalue weighted by Crippen LogP contribution is 2.25. The van der Waals surface area contributed by atoms with Crippen LogP contribution in [0.4, 0.5) is 21.8 Å². The molecule has 28 heavy (non-hydrogen) atoms. The van der Waals surface area contributed by atoms with Gasteiger partial charge in [0.15, 0.2) is 0 Å². The van der Waals surface area contributed by atoms with E-state index in [2.05, 4.69) is 25.5 Å². The fourth-order valence-electron chi connectivity index (χ4n) is 2.67. The van der Waals surface area contributed by atoms with Crippen molar-refractivity contribution in [3.63, 3.8) is 0 Å². The first-order valence-electron chi connectivity index (χ1n) is 9.06. The van der Waals surface area contributed by atoms with Crippen LogP contribution in [0.5, 0.6) is 0 Å². The Kier molecular flexibility index (Phi) is 6.79. The number of hydrogen-bond donors (Lipinski definition) is 2. The number of anilines is 3. The SMILES string of the molecule is CN(C)CCCNc1cc(-c2ccccc2)nc(Nc2ccc(F)c(Cl)c2)n1. The Bertz CT molecular complexity index is 918. The van der Waals surface area contributed by atoms with Crippen molar-refractivity contribution >= 4 is 29.1 Å². The zero-order valence-corrected chi connectivity index (χ0v) is 16.7. The summed E-state index contributed by atoms with van der Waals surface area (Å²) >= 11 is 5.88. The molecule has 0 saturated carbocycles. The Labute approximate surface area is 169 Å². The van der Waals surface area contributed by atoms with E-state index in [4.69, 9.17) is 11.6 Å². The fraction of sp³-hybridized carbons (Fsp3) is 0.238. The van der Waals surface area contributed by atoms with E-state index in [1.807, 2.05) is 50.5 Å². The van der Waals surface area contributed by atoms with Crippen molar-refractivity contribution in [1.29, 1.82) is 0 Å². The van der Waals surface area contributed by atoms with Gasteiger partial charge in [0.25, 0.3) is 0 Å². The van der Waals surface area contributed by atoms with Crippen LogP contribution < -0.4 is 10.6 Å². The van der Waals surface area contributed by atoms with E-state index in [0.717, 1.165) is 36.6 Å². The Morgan fingerprint density at radius 2 is 1.82 bits per heavy atom. The lowest BCUT2D eigenvalue weighted by atomic mass is 10.1. The maximum Gasteiger partial charge on any atom is 0.229 e. The maximum absolute atomic E-state index is 13.4. The molecule has 5 nitrogen and oxygen atoms in total. The summed E-state index contributed by atoms with van der Waals surface area (Å²) in [4.78, 5) is 11.3. The number of hydrogen-bond acceptors (Lipinski definition) is 5. The molecule has 2 aromatic carbocycles. The number of nitrogens with one attached hydrogen (secondary N) is 2. The van der Waals surface area contributed by atoms with Crippen LogP contribution >= 0.6 is 11.6 Å². The van der Waals surface area contributed by atoms with Crippen molar-refractivity contribution in [2.75, 3.05) is 37.8 Å². The van der Waals surface area contributed by atoms with Crippen molar-refractivity contribution in [1.82, 2.24) is 14.9 Å². The zero-order chi connectivity index (χ0) is 19.9. The number of halogens is 2. The number of rotatable bonds is 8. The lowest BCUT2D eigenvalue weighted by Gasteiger charge is -2.13. The van der Waals surface area contributed by atoms with Gasteiger partial charge in [0.2, 0.25) is 5.95 Å². The minimum Gasteiger partial charge on any atom is -0.370 e.